The second kappa shape index (κ2) is 8.08. The zero-order valence-corrected chi connectivity index (χ0v) is 17.0. The first-order chi connectivity index (χ1) is 12.3. The summed E-state index contributed by atoms with van der Waals surface area (Å²) in [5, 5.41) is 2.44. The highest BCUT2D eigenvalue weighted by Gasteiger charge is 2.64. The molecule has 2 fully saturated rings. The number of carbonyl (C=O) groups excluding carboxylic acids is 3. The minimum atomic E-state index is -0.849. The highest BCUT2D eigenvalue weighted by atomic mass is 35.5. The van der Waals surface area contributed by atoms with Crippen LogP contribution in [0.4, 0.5) is 0 Å². The monoisotopic (exact) mass is 413 g/mol. The number of benzene rings is 1. The van der Waals surface area contributed by atoms with Gasteiger partial charge in [-0.2, -0.15) is 0 Å². The molecule has 2 aliphatic heterocycles. The number of nitrogens with one attached hydrogen (secondary N) is 1. The van der Waals surface area contributed by atoms with E-state index in [2.05, 4.69) is 5.32 Å². The zero-order chi connectivity index (χ0) is 19.1. The molecule has 0 aromatic heterocycles. The topological polar surface area (TPSA) is 102 Å². The minimum Gasteiger partial charge on any atom is -0.464 e. The first kappa shape index (κ1) is 21.5. The third-order valence-corrected chi connectivity index (χ3v) is 6.26. The van der Waals surface area contributed by atoms with Gasteiger partial charge in [0.1, 0.15) is 23.5 Å². The van der Waals surface area contributed by atoms with Gasteiger partial charge in [-0.3, -0.25) is 9.59 Å². The first-order valence-electron chi connectivity index (χ1n) is 8.55. The third-order valence-electron chi connectivity index (χ3n) is 4.69. The molecule has 3 N–H and O–H groups in total. The van der Waals surface area contributed by atoms with E-state index in [1.807, 2.05) is 19.9 Å². The molecule has 0 saturated carbocycles. The van der Waals surface area contributed by atoms with Gasteiger partial charge in [0, 0.05) is 4.75 Å². The van der Waals surface area contributed by atoms with Crippen LogP contribution < -0.4 is 11.1 Å². The van der Waals surface area contributed by atoms with Gasteiger partial charge >= 0.3 is 5.97 Å². The van der Waals surface area contributed by atoms with Crippen LogP contribution in [-0.4, -0.2) is 51.5 Å². The molecule has 7 nitrogen and oxygen atoms in total. The fourth-order valence-electron chi connectivity index (χ4n) is 3.40. The van der Waals surface area contributed by atoms with Crippen LogP contribution in [0.3, 0.4) is 0 Å². The van der Waals surface area contributed by atoms with Crippen LogP contribution in [0.15, 0.2) is 30.3 Å². The van der Waals surface area contributed by atoms with E-state index in [0.717, 1.165) is 0 Å². The number of fused-ring (bicyclic) bond motifs is 1. The van der Waals surface area contributed by atoms with E-state index in [1.165, 1.54) is 16.7 Å². The highest BCUT2D eigenvalue weighted by molar-refractivity contribution is 8.01. The molecular formula is C18H24ClN3O4S. The Bertz CT molecular complexity index is 731. The lowest BCUT2D eigenvalue weighted by molar-refractivity contribution is -0.164. The number of hydrogen-bond acceptors (Lipinski definition) is 6. The summed E-state index contributed by atoms with van der Waals surface area (Å²) in [7, 11) is 0. The molecule has 0 aliphatic carbocycles. The number of carbonyl (C=O) groups is 3. The summed E-state index contributed by atoms with van der Waals surface area (Å²) < 4.78 is 4.63. The molecular weight excluding hydrogens is 390 g/mol. The zero-order valence-electron chi connectivity index (χ0n) is 15.4. The van der Waals surface area contributed by atoms with E-state index in [1.54, 1.807) is 31.2 Å². The molecule has 1 aromatic rings. The molecule has 4 atom stereocenters. The third kappa shape index (κ3) is 3.79. The van der Waals surface area contributed by atoms with Crippen molar-refractivity contribution in [1.82, 2.24) is 10.2 Å². The number of halogens is 1. The van der Waals surface area contributed by atoms with Crippen LogP contribution in [0.25, 0.3) is 0 Å². The van der Waals surface area contributed by atoms with E-state index in [4.69, 9.17) is 10.5 Å². The molecule has 3 rings (SSSR count). The summed E-state index contributed by atoms with van der Waals surface area (Å²) in [5.41, 5.74) is 6.68. The van der Waals surface area contributed by atoms with Gasteiger partial charge in [0.25, 0.3) is 0 Å². The Morgan fingerprint density at radius 3 is 2.56 bits per heavy atom. The van der Waals surface area contributed by atoms with Gasteiger partial charge in [-0.05, 0) is 26.3 Å². The smallest absolute Gasteiger partial charge is 0.330 e. The number of amides is 2. The SMILES string of the molecule is CCOC(=O)[C@@H]1N2C(=O)[C@@H](NC(=O)[C@H](N)c3ccccc3)[C@H]2SC1(C)C.Cl. The lowest BCUT2D eigenvalue weighted by Gasteiger charge is -2.44. The summed E-state index contributed by atoms with van der Waals surface area (Å²) in [4.78, 5) is 38.8. The Kier molecular flexibility index (Phi) is 6.44. The maximum Gasteiger partial charge on any atom is 0.330 e. The van der Waals surface area contributed by atoms with E-state index in [0.29, 0.717) is 5.56 Å². The summed E-state index contributed by atoms with van der Waals surface area (Å²) in [6, 6.07) is 6.80. The number of hydrogen-bond donors (Lipinski definition) is 2. The second-order valence-corrected chi connectivity index (χ2v) is 8.66. The van der Waals surface area contributed by atoms with Crippen LogP contribution in [0, 0.1) is 0 Å². The standard InChI is InChI=1S/C18H23N3O4S.ClH/c1-4-25-17(24)13-18(2,3)26-16-12(15(23)21(13)16)20-14(22)11(19)10-8-6-5-7-9-10;/h5-9,11-13,16H,4,19H2,1-3H3,(H,20,22);1H/t11-,12-,13+,16-;/m1./s1. The van der Waals surface area contributed by atoms with E-state index in [9.17, 15) is 14.4 Å². The van der Waals surface area contributed by atoms with Crippen molar-refractivity contribution in [3.8, 4) is 0 Å². The van der Waals surface area contributed by atoms with E-state index < -0.39 is 34.7 Å². The average Bonchev–Trinajstić information content (AvgIpc) is 2.87. The Morgan fingerprint density at radius 1 is 1.33 bits per heavy atom. The van der Waals surface area contributed by atoms with Crippen molar-refractivity contribution in [2.75, 3.05) is 6.61 Å². The van der Waals surface area contributed by atoms with Crippen LogP contribution in [0.5, 0.6) is 0 Å². The Hall–Kier alpha value is -1.77. The molecule has 0 bridgehead atoms. The normalized spacial score (nSPS) is 26.3. The van der Waals surface area contributed by atoms with Crippen molar-refractivity contribution >= 4 is 42.0 Å². The minimum absolute atomic E-state index is 0. The van der Waals surface area contributed by atoms with Crippen LogP contribution in [0.2, 0.25) is 0 Å². The quantitative estimate of drug-likeness (QED) is 0.556. The predicted octanol–water partition coefficient (Wildman–Crippen LogP) is 1.22. The lowest BCUT2D eigenvalue weighted by Crippen LogP contribution is -2.71. The largest absolute Gasteiger partial charge is 0.464 e. The van der Waals surface area contributed by atoms with Gasteiger partial charge in [0.05, 0.1) is 6.61 Å². The number of esters is 1. The second-order valence-electron chi connectivity index (χ2n) is 6.89. The van der Waals surface area contributed by atoms with Gasteiger partial charge in [-0.15, -0.1) is 24.2 Å². The molecule has 9 heteroatoms. The van der Waals surface area contributed by atoms with Gasteiger partial charge in [-0.1, -0.05) is 30.3 Å². The number of thioether (sulfide) groups is 1. The van der Waals surface area contributed by atoms with Gasteiger partial charge in [-0.25, -0.2) is 4.79 Å². The van der Waals surface area contributed by atoms with Crippen molar-refractivity contribution in [2.24, 2.45) is 5.73 Å². The average molecular weight is 414 g/mol. The van der Waals surface area contributed by atoms with Crippen molar-refractivity contribution < 1.29 is 19.1 Å². The number of rotatable bonds is 5. The van der Waals surface area contributed by atoms with Crippen molar-refractivity contribution in [3.05, 3.63) is 35.9 Å². The molecule has 2 heterocycles. The van der Waals surface area contributed by atoms with Crippen molar-refractivity contribution in [2.45, 2.75) is 49.0 Å². The molecule has 0 spiro atoms. The van der Waals surface area contributed by atoms with Crippen molar-refractivity contribution in [1.29, 1.82) is 0 Å². The molecule has 2 amide bonds. The number of ether oxygens (including phenoxy) is 1. The molecule has 1 aromatic carbocycles. The lowest BCUT2D eigenvalue weighted by atomic mass is 9.95. The molecule has 0 radical (unpaired) electrons. The Labute approximate surface area is 168 Å². The maximum atomic E-state index is 12.6. The van der Waals surface area contributed by atoms with Gasteiger partial charge < -0.3 is 20.7 Å². The Morgan fingerprint density at radius 2 is 1.96 bits per heavy atom. The van der Waals surface area contributed by atoms with Crippen molar-refractivity contribution in [3.63, 3.8) is 0 Å². The van der Waals surface area contributed by atoms with E-state index >= 15 is 0 Å². The van der Waals surface area contributed by atoms with Crippen LogP contribution in [0.1, 0.15) is 32.4 Å². The van der Waals surface area contributed by atoms with Gasteiger partial charge in [0.15, 0.2) is 0 Å². The van der Waals surface area contributed by atoms with Crippen LogP contribution >= 0.6 is 24.2 Å². The maximum absolute atomic E-state index is 12.6. The summed E-state index contributed by atoms with van der Waals surface area (Å²) in [5.74, 6) is -1.10. The molecule has 2 aliphatic rings. The van der Waals surface area contributed by atoms with Crippen LogP contribution in [-0.2, 0) is 19.1 Å². The molecule has 148 valence electrons. The number of nitrogens with two attached hydrogens (primary N) is 1. The summed E-state index contributed by atoms with van der Waals surface area (Å²) >= 11 is 1.49. The summed E-state index contributed by atoms with van der Waals surface area (Å²) in [6.45, 7) is 5.80. The number of nitrogens with zero attached hydrogens (tertiary/aromatic N) is 1. The fraction of sp³-hybridized carbons (Fsp3) is 0.500. The summed E-state index contributed by atoms with van der Waals surface area (Å²) in [6.07, 6.45) is 0. The van der Waals surface area contributed by atoms with Gasteiger partial charge in [0.2, 0.25) is 11.8 Å². The van der Waals surface area contributed by atoms with E-state index in [-0.39, 0.29) is 30.3 Å². The molecule has 27 heavy (non-hydrogen) atoms. The molecule has 2 saturated heterocycles. The fourth-order valence-corrected chi connectivity index (χ4v) is 5.02. The highest BCUT2D eigenvalue weighted by Crippen LogP contribution is 2.51. The molecule has 0 unspecified atom stereocenters. The Balaban J connectivity index is 0.00000261. The number of β-lactam (4-membered cyclic amide) rings is 1. The first-order valence-corrected chi connectivity index (χ1v) is 9.43. The predicted molar refractivity (Wildman–Crippen MR) is 105 cm³/mol.